The number of aliphatic hydroxyl groups excluding tert-OH is 1. The van der Waals surface area contributed by atoms with Crippen LogP contribution in [0.5, 0.6) is 0 Å². The van der Waals surface area contributed by atoms with Gasteiger partial charge in [0.1, 0.15) is 0 Å². The van der Waals surface area contributed by atoms with Gasteiger partial charge in [-0.05, 0) is 24.2 Å². The van der Waals surface area contributed by atoms with Gasteiger partial charge in [0, 0.05) is 0 Å². The summed E-state index contributed by atoms with van der Waals surface area (Å²) in [4.78, 5) is 0. The highest BCUT2D eigenvalue weighted by atomic mass is 16.3. The van der Waals surface area contributed by atoms with Crippen LogP contribution in [0.2, 0.25) is 0 Å². The van der Waals surface area contributed by atoms with E-state index in [-0.39, 0.29) is 6.10 Å². The van der Waals surface area contributed by atoms with Crippen molar-refractivity contribution >= 4 is 0 Å². The molecule has 0 spiro atoms. The van der Waals surface area contributed by atoms with E-state index in [9.17, 15) is 0 Å². The smallest absolute Gasteiger partial charge is 0.0546 e. The SMILES string of the molecule is CCC(C)(C)C1CC(O)C1. The van der Waals surface area contributed by atoms with E-state index >= 15 is 0 Å². The summed E-state index contributed by atoms with van der Waals surface area (Å²) >= 11 is 0. The molecule has 1 saturated carbocycles. The van der Waals surface area contributed by atoms with Crippen LogP contribution in [0.25, 0.3) is 0 Å². The Labute approximate surface area is 63.4 Å². The first-order valence-electron chi connectivity index (χ1n) is 4.24. The lowest BCUT2D eigenvalue weighted by Crippen LogP contribution is -2.38. The van der Waals surface area contributed by atoms with Gasteiger partial charge in [-0.25, -0.2) is 0 Å². The Morgan fingerprint density at radius 2 is 1.90 bits per heavy atom. The molecule has 0 radical (unpaired) electrons. The zero-order valence-corrected chi connectivity index (χ0v) is 7.22. The minimum absolute atomic E-state index is 0.0100. The van der Waals surface area contributed by atoms with Crippen LogP contribution in [-0.2, 0) is 0 Å². The molecule has 10 heavy (non-hydrogen) atoms. The van der Waals surface area contributed by atoms with Crippen molar-refractivity contribution < 1.29 is 5.11 Å². The molecular weight excluding hydrogens is 124 g/mol. The van der Waals surface area contributed by atoms with Crippen LogP contribution in [0.3, 0.4) is 0 Å². The molecule has 0 aromatic rings. The third-order valence-corrected chi connectivity index (χ3v) is 3.13. The first-order valence-corrected chi connectivity index (χ1v) is 4.24. The van der Waals surface area contributed by atoms with E-state index in [4.69, 9.17) is 5.11 Å². The highest BCUT2D eigenvalue weighted by molar-refractivity contribution is 4.88. The van der Waals surface area contributed by atoms with E-state index in [0.29, 0.717) is 5.41 Å². The Hall–Kier alpha value is -0.0400. The van der Waals surface area contributed by atoms with Gasteiger partial charge in [-0.3, -0.25) is 0 Å². The van der Waals surface area contributed by atoms with Gasteiger partial charge in [0.15, 0.2) is 0 Å². The average molecular weight is 142 g/mol. The van der Waals surface area contributed by atoms with Crippen molar-refractivity contribution in [2.45, 2.75) is 46.1 Å². The summed E-state index contributed by atoms with van der Waals surface area (Å²) in [5.41, 5.74) is 0.458. The number of hydrogen-bond donors (Lipinski definition) is 1. The molecule has 0 amide bonds. The lowest BCUT2D eigenvalue weighted by atomic mass is 9.65. The van der Waals surface area contributed by atoms with Crippen LogP contribution >= 0.6 is 0 Å². The summed E-state index contributed by atoms with van der Waals surface area (Å²) in [6, 6.07) is 0. The molecular formula is C9H18O. The molecule has 0 aromatic heterocycles. The Morgan fingerprint density at radius 1 is 1.40 bits per heavy atom. The number of rotatable bonds is 2. The molecule has 0 aliphatic heterocycles. The molecule has 1 N–H and O–H groups in total. The molecule has 1 rings (SSSR count). The van der Waals surface area contributed by atoms with E-state index in [1.807, 2.05) is 0 Å². The van der Waals surface area contributed by atoms with Gasteiger partial charge in [-0.2, -0.15) is 0 Å². The monoisotopic (exact) mass is 142 g/mol. The fourth-order valence-corrected chi connectivity index (χ4v) is 1.51. The van der Waals surface area contributed by atoms with Crippen LogP contribution in [0.4, 0.5) is 0 Å². The summed E-state index contributed by atoms with van der Waals surface area (Å²) in [6.07, 6.45) is 3.29. The Kier molecular flexibility index (Phi) is 2.04. The summed E-state index contributed by atoms with van der Waals surface area (Å²) < 4.78 is 0. The van der Waals surface area contributed by atoms with Crippen molar-refractivity contribution in [3.8, 4) is 0 Å². The third-order valence-electron chi connectivity index (χ3n) is 3.13. The highest BCUT2D eigenvalue weighted by Crippen LogP contribution is 2.43. The van der Waals surface area contributed by atoms with E-state index in [1.165, 1.54) is 6.42 Å². The Bertz CT molecular complexity index is 112. The van der Waals surface area contributed by atoms with Crippen molar-refractivity contribution in [2.75, 3.05) is 0 Å². The van der Waals surface area contributed by atoms with Gasteiger partial charge in [0.05, 0.1) is 6.10 Å². The van der Waals surface area contributed by atoms with Gasteiger partial charge < -0.3 is 5.11 Å². The predicted octanol–water partition coefficient (Wildman–Crippen LogP) is 2.19. The van der Waals surface area contributed by atoms with Crippen molar-refractivity contribution in [2.24, 2.45) is 11.3 Å². The molecule has 1 heteroatoms. The zero-order valence-electron chi connectivity index (χ0n) is 7.22. The van der Waals surface area contributed by atoms with Gasteiger partial charge >= 0.3 is 0 Å². The minimum atomic E-state index is 0.0100. The van der Waals surface area contributed by atoms with Crippen molar-refractivity contribution in [1.29, 1.82) is 0 Å². The maximum atomic E-state index is 9.08. The van der Waals surface area contributed by atoms with Crippen LogP contribution < -0.4 is 0 Å². The Balaban J connectivity index is 2.36. The fourth-order valence-electron chi connectivity index (χ4n) is 1.51. The normalized spacial score (nSPS) is 33.6. The molecule has 0 unspecified atom stereocenters. The van der Waals surface area contributed by atoms with Gasteiger partial charge in [-0.15, -0.1) is 0 Å². The van der Waals surface area contributed by atoms with Crippen LogP contribution in [0.15, 0.2) is 0 Å². The van der Waals surface area contributed by atoms with Crippen LogP contribution in [-0.4, -0.2) is 11.2 Å². The van der Waals surface area contributed by atoms with E-state index in [1.54, 1.807) is 0 Å². The molecule has 0 bridgehead atoms. The zero-order chi connectivity index (χ0) is 7.78. The minimum Gasteiger partial charge on any atom is -0.393 e. The molecule has 1 aliphatic carbocycles. The summed E-state index contributed by atoms with van der Waals surface area (Å²) in [5, 5.41) is 9.08. The van der Waals surface area contributed by atoms with Crippen LogP contribution in [0, 0.1) is 11.3 Å². The van der Waals surface area contributed by atoms with Crippen molar-refractivity contribution in [3.05, 3.63) is 0 Å². The standard InChI is InChI=1S/C9H18O/c1-4-9(2,3)7-5-8(10)6-7/h7-8,10H,4-6H2,1-3H3. The molecule has 1 aliphatic rings. The summed E-state index contributed by atoms with van der Waals surface area (Å²) in [7, 11) is 0. The molecule has 1 fully saturated rings. The number of hydrogen-bond acceptors (Lipinski definition) is 1. The average Bonchev–Trinajstić information content (AvgIpc) is 1.81. The second kappa shape index (κ2) is 2.54. The molecule has 0 atom stereocenters. The number of aliphatic hydroxyl groups is 1. The van der Waals surface area contributed by atoms with Gasteiger partial charge in [-0.1, -0.05) is 27.2 Å². The summed E-state index contributed by atoms with van der Waals surface area (Å²) in [5.74, 6) is 0.771. The summed E-state index contributed by atoms with van der Waals surface area (Å²) in [6.45, 7) is 6.82. The molecule has 0 heterocycles. The highest BCUT2D eigenvalue weighted by Gasteiger charge is 2.37. The van der Waals surface area contributed by atoms with Gasteiger partial charge in [0.2, 0.25) is 0 Å². The van der Waals surface area contributed by atoms with Crippen molar-refractivity contribution in [1.82, 2.24) is 0 Å². The fraction of sp³-hybridized carbons (Fsp3) is 1.00. The first-order chi connectivity index (χ1) is 4.56. The Morgan fingerprint density at radius 3 is 2.20 bits per heavy atom. The quantitative estimate of drug-likeness (QED) is 0.626. The van der Waals surface area contributed by atoms with E-state index in [0.717, 1.165) is 18.8 Å². The molecule has 0 saturated heterocycles. The molecule has 60 valence electrons. The van der Waals surface area contributed by atoms with Gasteiger partial charge in [0.25, 0.3) is 0 Å². The topological polar surface area (TPSA) is 20.2 Å². The third kappa shape index (κ3) is 1.34. The first kappa shape index (κ1) is 8.06. The molecule has 1 nitrogen and oxygen atoms in total. The maximum Gasteiger partial charge on any atom is 0.0546 e. The van der Waals surface area contributed by atoms with E-state index < -0.39 is 0 Å². The second-order valence-corrected chi connectivity index (χ2v) is 4.16. The van der Waals surface area contributed by atoms with Crippen molar-refractivity contribution in [3.63, 3.8) is 0 Å². The largest absolute Gasteiger partial charge is 0.393 e. The maximum absolute atomic E-state index is 9.08. The molecule has 0 aromatic carbocycles. The lowest BCUT2D eigenvalue weighted by Gasteiger charge is -2.43. The van der Waals surface area contributed by atoms with E-state index in [2.05, 4.69) is 20.8 Å². The van der Waals surface area contributed by atoms with Crippen LogP contribution in [0.1, 0.15) is 40.0 Å². The predicted molar refractivity (Wildman–Crippen MR) is 42.8 cm³/mol. The second-order valence-electron chi connectivity index (χ2n) is 4.16. The lowest BCUT2D eigenvalue weighted by molar-refractivity contribution is -0.0176.